The second kappa shape index (κ2) is 4.17. The number of rotatable bonds is 3. The maximum atomic E-state index is 11.7. The Kier molecular flexibility index (Phi) is 4.11. The molecule has 0 fully saturated rings. The van der Waals surface area contributed by atoms with Crippen LogP contribution in [0.3, 0.4) is 0 Å². The van der Waals surface area contributed by atoms with Crippen LogP contribution in [0.25, 0.3) is 0 Å². The van der Waals surface area contributed by atoms with Gasteiger partial charge >= 0.3 is 0 Å². The lowest BCUT2D eigenvalue weighted by Gasteiger charge is -2.22. The van der Waals surface area contributed by atoms with Gasteiger partial charge in [-0.3, -0.25) is 9.00 Å². The van der Waals surface area contributed by atoms with Crippen LogP contribution in [0.1, 0.15) is 41.0 Å². The van der Waals surface area contributed by atoms with Crippen LogP contribution >= 0.6 is 0 Å². The molecule has 0 rings (SSSR count). The molecule has 0 saturated heterocycles. The Balaban J connectivity index is 4.21. The quantitative estimate of drug-likeness (QED) is 0.681. The zero-order valence-electron chi connectivity index (χ0n) is 8.51. The molecule has 0 aliphatic rings. The van der Waals surface area contributed by atoms with E-state index in [0.29, 0.717) is 6.42 Å². The normalized spacial score (nSPS) is 17.1. The van der Waals surface area contributed by atoms with Crippen LogP contribution in [0, 0.1) is 0 Å². The monoisotopic (exact) mass is 190 g/mol. The van der Waals surface area contributed by atoms with Crippen molar-refractivity contribution in [2.45, 2.75) is 51.0 Å². The van der Waals surface area contributed by atoms with Crippen LogP contribution in [0.2, 0.25) is 0 Å². The van der Waals surface area contributed by atoms with Crippen molar-refractivity contribution in [2.75, 3.05) is 0 Å². The summed E-state index contributed by atoms with van der Waals surface area (Å²) >= 11 is 0. The smallest absolute Gasteiger partial charge is 0.131 e. The van der Waals surface area contributed by atoms with E-state index in [-0.39, 0.29) is 15.8 Å². The predicted octanol–water partition coefficient (Wildman–Crippen LogP) is 1.90. The first-order valence-corrected chi connectivity index (χ1v) is 5.36. The number of hydrogen-bond donors (Lipinski definition) is 0. The molecule has 12 heavy (non-hydrogen) atoms. The van der Waals surface area contributed by atoms with E-state index >= 15 is 0 Å². The molecule has 0 radical (unpaired) electrons. The summed E-state index contributed by atoms with van der Waals surface area (Å²) in [5, 5.41) is -0.0255. The summed E-state index contributed by atoms with van der Waals surface area (Å²) < 4.78 is 11.4. The molecule has 0 aromatic carbocycles. The predicted molar refractivity (Wildman–Crippen MR) is 52.7 cm³/mol. The van der Waals surface area contributed by atoms with E-state index in [9.17, 15) is 9.00 Å². The van der Waals surface area contributed by atoms with E-state index in [0.717, 1.165) is 0 Å². The summed E-state index contributed by atoms with van der Waals surface area (Å²) in [6.07, 6.45) is 0.421. The molecular weight excluding hydrogens is 172 g/mol. The SMILES string of the molecule is CC(=O)CC(C)S(=O)C(C)(C)C. The third-order valence-electron chi connectivity index (χ3n) is 1.54. The highest BCUT2D eigenvalue weighted by molar-refractivity contribution is 7.87. The molecule has 2 nitrogen and oxygen atoms in total. The fourth-order valence-corrected chi connectivity index (χ4v) is 2.68. The van der Waals surface area contributed by atoms with Gasteiger partial charge in [0.15, 0.2) is 0 Å². The first-order valence-electron chi connectivity index (χ1n) is 4.15. The third-order valence-corrected chi connectivity index (χ3v) is 3.65. The topological polar surface area (TPSA) is 34.1 Å². The van der Waals surface area contributed by atoms with Crippen LogP contribution in [0.4, 0.5) is 0 Å². The Morgan fingerprint density at radius 2 is 1.83 bits per heavy atom. The highest BCUT2D eigenvalue weighted by Gasteiger charge is 2.25. The van der Waals surface area contributed by atoms with Gasteiger partial charge in [0, 0.05) is 27.2 Å². The van der Waals surface area contributed by atoms with Gasteiger partial charge in [-0.05, 0) is 27.7 Å². The van der Waals surface area contributed by atoms with Crippen LogP contribution < -0.4 is 0 Å². The number of ketones is 1. The standard InChI is InChI=1S/C9H18O2S/c1-7(10)6-8(2)12(11)9(3,4)5/h8H,6H2,1-5H3. The van der Waals surface area contributed by atoms with Gasteiger partial charge in [0.25, 0.3) is 0 Å². The van der Waals surface area contributed by atoms with Crippen molar-refractivity contribution < 1.29 is 9.00 Å². The van der Waals surface area contributed by atoms with Crippen LogP contribution in [0.5, 0.6) is 0 Å². The minimum atomic E-state index is -0.923. The van der Waals surface area contributed by atoms with Crippen molar-refractivity contribution in [1.82, 2.24) is 0 Å². The van der Waals surface area contributed by atoms with Gasteiger partial charge in [0.1, 0.15) is 5.78 Å². The van der Waals surface area contributed by atoms with Crippen molar-refractivity contribution in [3.8, 4) is 0 Å². The molecule has 0 spiro atoms. The summed E-state index contributed by atoms with van der Waals surface area (Å²) in [7, 11) is -0.923. The van der Waals surface area contributed by atoms with E-state index in [2.05, 4.69) is 0 Å². The van der Waals surface area contributed by atoms with E-state index in [1.165, 1.54) is 6.92 Å². The Morgan fingerprint density at radius 3 is 2.08 bits per heavy atom. The van der Waals surface area contributed by atoms with Gasteiger partial charge in [-0.1, -0.05) is 6.92 Å². The molecule has 72 valence electrons. The summed E-state index contributed by atoms with van der Waals surface area (Å²) in [6, 6.07) is 0. The Hall–Kier alpha value is -0.180. The van der Waals surface area contributed by atoms with Crippen molar-refractivity contribution in [3.05, 3.63) is 0 Å². The molecule has 2 unspecified atom stereocenters. The Bertz CT molecular complexity index is 191. The summed E-state index contributed by atoms with van der Waals surface area (Å²) in [6.45, 7) is 9.19. The molecule has 0 bridgehead atoms. The minimum Gasteiger partial charge on any atom is -0.300 e. The van der Waals surface area contributed by atoms with Gasteiger partial charge in [-0.2, -0.15) is 0 Å². The largest absolute Gasteiger partial charge is 0.300 e. The van der Waals surface area contributed by atoms with Gasteiger partial charge in [0.05, 0.1) is 0 Å². The number of carbonyl (C=O) groups excluding carboxylic acids is 1. The zero-order valence-corrected chi connectivity index (χ0v) is 9.33. The highest BCUT2D eigenvalue weighted by Crippen LogP contribution is 2.17. The lowest BCUT2D eigenvalue weighted by molar-refractivity contribution is -0.116. The molecule has 0 saturated carbocycles. The average molecular weight is 190 g/mol. The minimum absolute atomic E-state index is 0.0255. The van der Waals surface area contributed by atoms with E-state index < -0.39 is 10.8 Å². The molecule has 0 aliphatic carbocycles. The maximum absolute atomic E-state index is 11.7. The molecule has 0 aromatic heterocycles. The second-order valence-electron chi connectivity index (χ2n) is 4.13. The van der Waals surface area contributed by atoms with Crippen molar-refractivity contribution in [2.24, 2.45) is 0 Å². The van der Waals surface area contributed by atoms with Gasteiger partial charge < -0.3 is 0 Å². The summed E-state index contributed by atoms with van der Waals surface area (Å²) in [4.78, 5) is 10.8. The summed E-state index contributed by atoms with van der Waals surface area (Å²) in [5.74, 6) is 0.111. The average Bonchev–Trinajstić information content (AvgIpc) is 1.82. The molecule has 0 heterocycles. The van der Waals surface area contributed by atoms with Crippen LogP contribution in [-0.2, 0) is 15.6 Å². The van der Waals surface area contributed by atoms with Crippen molar-refractivity contribution >= 4 is 16.6 Å². The van der Waals surface area contributed by atoms with Crippen molar-refractivity contribution in [1.29, 1.82) is 0 Å². The Labute approximate surface area is 77.2 Å². The van der Waals surface area contributed by atoms with Gasteiger partial charge in [0.2, 0.25) is 0 Å². The van der Waals surface area contributed by atoms with Crippen LogP contribution in [0.15, 0.2) is 0 Å². The van der Waals surface area contributed by atoms with Crippen LogP contribution in [-0.4, -0.2) is 20.0 Å². The number of carbonyl (C=O) groups is 1. The second-order valence-corrected chi connectivity index (χ2v) is 6.75. The van der Waals surface area contributed by atoms with Crippen molar-refractivity contribution in [3.63, 3.8) is 0 Å². The molecule has 0 N–H and O–H groups in total. The first-order chi connectivity index (χ1) is 5.25. The summed E-state index contributed by atoms with van der Waals surface area (Å²) in [5.41, 5.74) is 0. The van der Waals surface area contributed by atoms with E-state index in [1.54, 1.807) is 0 Å². The molecular formula is C9H18O2S. The highest BCUT2D eigenvalue weighted by atomic mass is 32.2. The molecule has 0 amide bonds. The van der Waals surface area contributed by atoms with Gasteiger partial charge in [-0.25, -0.2) is 0 Å². The fraction of sp³-hybridized carbons (Fsp3) is 0.889. The fourth-order valence-electron chi connectivity index (χ4n) is 1.08. The lowest BCUT2D eigenvalue weighted by Crippen LogP contribution is -2.30. The molecule has 0 aliphatic heterocycles. The van der Waals surface area contributed by atoms with E-state index in [1.807, 2.05) is 27.7 Å². The molecule has 0 aromatic rings. The molecule has 2 atom stereocenters. The van der Waals surface area contributed by atoms with Gasteiger partial charge in [-0.15, -0.1) is 0 Å². The first kappa shape index (κ1) is 11.8. The number of Topliss-reactive ketones (excluding diaryl/α,β-unsaturated/α-hetero) is 1. The zero-order chi connectivity index (χ0) is 9.94. The van der Waals surface area contributed by atoms with E-state index in [4.69, 9.17) is 0 Å². The maximum Gasteiger partial charge on any atom is 0.131 e. The number of hydrogen-bond acceptors (Lipinski definition) is 2. The molecule has 3 heteroatoms. The Morgan fingerprint density at radius 1 is 1.42 bits per heavy atom. The third kappa shape index (κ3) is 4.00. The lowest BCUT2D eigenvalue weighted by atomic mass is 10.2.